The lowest BCUT2D eigenvalue weighted by molar-refractivity contribution is 0.0597. The maximum atomic E-state index is 13.9. The number of benzene rings is 2. The van der Waals surface area contributed by atoms with E-state index in [-0.39, 0.29) is 39.7 Å². The molecule has 35 heavy (non-hydrogen) atoms. The molecule has 0 amide bonds. The highest BCUT2D eigenvalue weighted by Gasteiger charge is 2.50. The third-order valence-corrected chi connectivity index (χ3v) is 6.28. The van der Waals surface area contributed by atoms with Gasteiger partial charge in [-0.3, -0.25) is 0 Å². The average molecular weight is 480 g/mol. The Morgan fingerprint density at radius 2 is 1.91 bits per heavy atom. The van der Waals surface area contributed by atoms with Crippen LogP contribution in [-0.4, -0.2) is 40.1 Å². The van der Waals surface area contributed by atoms with Crippen molar-refractivity contribution in [2.45, 2.75) is 31.6 Å². The standard InChI is InChI=1S/C25H22F2N4O4/c1-14-6-4-5-7-17(14)25(10-11-25)24-28-22(35-30-24)18-13-19(21(26)27)31(29-18)15-8-9-20(33-2)16(12-15)23(32)34-3/h4-9,12-13,21H,10-11H2,1-3H3. The first-order valence-electron chi connectivity index (χ1n) is 10.9. The molecular formula is C25H22F2N4O4. The van der Waals surface area contributed by atoms with E-state index >= 15 is 0 Å². The first kappa shape index (κ1) is 22.7. The van der Waals surface area contributed by atoms with Crippen molar-refractivity contribution in [3.05, 3.63) is 76.7 Å². The number of esters is 1. The van der Waals surface area contributed by atoms with E-state index < -0.39 is 12.4 Å². The Morgan fingerprint density at radius 3 is 2.57 bits per heavy atom. The van der Waals surface area contributed by atoms with Crippen molar-refractivity contribution in [2.24, 2.45) is 0 Å². The minimum Gasteiger partial charge on any atom is -0.496 e. The Kier molecular flexibility index (Phi) is 5.58. The normalized spacial score (nSPS) is 14.2. The quantitative estimate of drug-likeness (QED) is 0.342. The van der Waals surface area contributed by atoms with Crippen LogP contribution in [0.5, 0.6) is 5.75 Å². The number of carbonyl (C=O) groups is 1. The van der Waals surface area contributed by atoms with Crippen molar-refractivity contribution >= 4 is 5.97 Å². The van der Waals surface area contributed by atoms with Gasteiger partial charge in [-0.1, -0.05) is 29.4 Å². The lowest BCUT2D eigenvalue weighted by atomic mass is 9.91. The summed E-state index contributed by atoms with van der Waals surface area (Å²) in [7, 11) is 2.62. The number of methoxy groups -OCH3 is 2. The number of ether oxygens (including phenoxy) is 2. The van der Waals surface area contributed by atoms with E-state index in [1.54, 1.807) is 0 Å². The van der Waals surface area contributed by atoms with Crippen molar-refractivity contribution in [2.75, 3.05) is 14.2 Å². The number of aryl methyl sites for hydroxylation is 1. The zero-order valence-corrected chi connectivity index (χ0v) is 19.3. The molecule has 2 heterocycles. The van der Waals surface area contributed by atoms with Gasteiger partial charge >= 0.3 is 5.97 Å². The van der Waals surface area contributed by atoms with Crippen LogP contribution in [0.3, 0.4) is 0 Å². The van der Waals surface area contributed by atoms with Gasteiger partial charge in [0.05, 0.1) is 25.3 Å². The summed E-state index contributed by atoms with van der Waals surface area (Å²) in [6, 6.07) is 13.6. The molecule has 2 aromatic heterocycles. The summed E-state index contributed by atoms with van der Waals surface area (Å²) in [5, 5.41) is 8.48. The third-order valence-electron chi connectivity index (χ3n) is 6.28. The van der Waals surface area contributed by atoms with E-state index in [0.717, 1.165) is 28.7 Å². The molecule has 4 aromatic rings. The van der Waals surface area contributed by atoms with Gasteiger partial charge in [-0.15, -0.1) is 0 Å². The second kappa shape index (κ2) is 8.61. The summed E-state index contributed by atoms with van der Waals surface area (Å²) in [4.78, 5) is 16.7. The molecule has 1 aliphatic rings. The van der Waals surface area contributed by atoms with Crippen LogP contribution >= 0.6 is 0 Å². The molecule has 1 saturated carbocycles. The fourth-order valence-electron chi connectivity index (χ4n) is 4.33. The summed E-state index contributed by atoms with van der Waals surface area (Å²) in [6.45, 7) is 2.03. The smallest absolute Gasteiger partial charge is 0.341 e. The minimum absolute atomic E-state index is 0.0437. The molecule has 10 heteroatoms. The second-order valence-corrected chi connectivity index (χ2v) is 8.36. The van der Waals surface area contributed by atoms with Crippen molar-refractivity contribution in [1.29, 1.82) is 0 Å². The number of alkyl halides is 2. The van der Waals surface area contributed by atoms with Gasteiger partial charge < -0.3 is 14.0 Å². The van der Waals surface area contributed by atoms with Gasteiger partial charge in [0.2, 0.25) is 0 Å². The van der Waals surface area contributed by atoms with E-state index in [0.29, 0.717) is 5.82 Å². The van der Waals surface area contributed by atoms with Crippen LogP contribution < -0.4 is 4.74 Å². The van der Waals surface area contributed by atoms with Crippen LogP contribution in [0.25, 0.3) is 17.3 Å². The second-order valence-electron chi connectivity index (χ2n) is 8.36. The molecule has 0 unspecified atom stereocenters. The molecular weight excluding hydrogens is 458 g/mol. The number of carbonyl (C=O) groups excluding carboxylic acids is 1. The fourth-order valence-corrected chi connectivity index (χ4v) is 4.33. The van der Waals surface area contributed by atoms with Crippen LogP contribution in [0.15, 0.2) is 53.1 Å². The van der Waals surface area contributed by atoms with Gasteiger partial charge in [0.25, 0.3) is 12.3 Å². The molecule has 0 radical (unpaired) electrons. The predicted octanol–water partition coefficient (Wildman–Crippen LogP) is 5.04. The molecule has 2 aromatic carbocycles. The Labute approximate surface area is 199 Å². The van der Waals surface area contributed by atoms with Crippen molar-refractivity contribution in [3.63, 3.8) is 0 Å². The lowest BCUT2D eigenvalue weighted by Gasteiger charge is -2.13. The zero-order chi connectivity index (χ0) is 24.7. The molecule has 1 fully saturated rings. The molecule has 0 bridgehead atoms. The summed E-state index contributed by atoms with van der Waals surface area (Å²) in [5.41, 5.74) is 1.94. The van der Waals surface area contributed by atoms with E-state index in [1.165, 1.54) is 38.5 Å². The first-order chi connectivity index (χ1) is 16.9. The number of rotatable bonds is 7. The fraction of sp³-hybridized carbons (Fsp3) is 0.280. The zero-order valence-electron chi connectivity index (χ0n) is 19.3. The van der Waals surface area contributed by atoms with Gasteiger partial charge in [-0.25, -0.2) is 18.3 Å². The molecule has 5 rings (SSSR count). The Hall–Kier alpha value is -4.08. The predicted molar refractivity (Wildman–Crippen MR) is 121 cm³/mol. The van der Waals surface area contributed by atoms with E-state index in [4.69, 9.17) is 14.0 Å². The number of hydrogen-bond acceptors (Lipinski definition) is 7. The van der Waals surface area contributed by atoms with Crippen molar-refractivity contribution in [1.82, 2.24) is 19.9 Å². The molecule has 0 saturated heterocycles. The monoisotopic (exact) mass is 480 g/mol. The Balaban J connectivity index is 1.55. The third kappa shape index (κ3) is 3.84. The topological polar surface area (TPSA) is 92.3 Å². The van der Waals surface area contributed by atoms with E-state index in [1.807, 2.05) is 31.2 Å². The average Bonchev–Trinajstić information content (AvgIpc) is 3.29. The van der Waals surface area contributed by atoms with E-state index in [2.05, 4.69) is 15.2 Å². The van der Waals surface area contributed by atoms with Crippen LogP contribution in [0.1, 0.15) is 52.3 Å². The molecule has 0 atom stereocenters. The number of aromatic nitrogens is 4. The van der Waals surface area contributed by atoms with Crippen molar-refractivity contribution in [3.8, 4) is 23.0 Å². The van der Waals surface area contributed by atoms with Gasteiger partial charge in [0.1, 0.15) is 17.0 Å². The molecule has 0 N–H and O–H groups in total. The van der Waals surface area contributed by atoms with Gasteiger partial charge in [0.15, 0.2) is 11.5 Å². The maximum absolute atomic E-state index is 13.9. The van der Waals surface area contributed by atoms with Crippen LogP contribution in [0.2, 0.25) is 0 Å². The SMILES string of the molecule is COC(=O)c1cc(-n2nc(-c3nc(C4(c5ccccc5C)CC4)no3)cc2C(F)F)ccc1OC. The largest absolute Gasteiger partial charge is 0.496 e. The summed E-state index contributed by atoms with van der Waals surface area (Å²) >= 11 is 0. The first-order valence-corrected chi connectivity index (χ1v) is 10.9. The molecule has 0 aliphatic heterocycles. The highest BCUT2D eigenvalue weighted by Crippen LogP contribution is 2.53. The number of halogens is 2. The summed E-state index contributed by atoms with van der Waals surface area (Å²) < 4.78 is 44.3. The highest BCUT2D eigenvalue weighted by atomic mass is 19.3. The van der Waals surface area contributed by atoms with Gasteiger partial charge in [-0.05, 0) is 55.2 Å². The van der Waals surface area contributed by atoms with Gasteiger partial charge in [-0.2, -0.15) is 10.1 Å². The number of nitrogens with zero attached hydrogens (tertiary/aromatic N) is 4. The summed E-state index contributed by atoms with van der Waals surface area (Å²) in [5.74, 6) is 0.135. The lowest BCUT2D eigenvalue weighted by Crippen LogP contribution is -2.12. The Morgan fingerprint density at radius 1 is 1.14 bits per heavy atom. The molecule has 1 aliphatic carbocycles. The molecule has 8 nitrogen and oxygen atoms in total. The van der Waals surface area contributed by atoms with Crippen LogP contribution in [-0.2, 0) is 10.2 Å². The van der Waals surface area contributed by atoms with E-state index in [9.17, 15) is 13.6 Å². The van der Waals surface area contributed by atoms with Crippen LogP contribution in [0.4, 0.5) is 8.78 Å². The molecule has 180 valence electrons. The number of hydrogen-bond donors (Lipinski definition) is 0. The highest BCUT2D eigenvalue weighted by molar-refractivity contribution is 5.93. The summed E-state index contributed by atoms with van der Waals surface area (Å²) in [6.07, 6.45) is -1.10. The minimum atomic E-state index is -2.84. The van der Waals surface area contributed by atoms with Crippen molar-refractivity contribution < 1.29 is 27.6 Å². The van der Waals surface area contributed by atoms with Gasteiger partial charge in [0, 0.05) is 0 Å². The maximum Gasteiger partial charge on any atom is 0.341 e. The van der Waals surface area contributed by atoms with Crippen LogP contribution in [0, 0.1) is 6.92 Å². The molecule has 0 spiro atoms. The Bertz CT molecular complexity index is 1410.